The number of hydrogen-bond acceptors (Lipinski definition) is 9. The second-order valence-corrected chi connectivity index (χ2v) is 11.6. The van der Waals surface area contributed by atoms with Crippen molar-refractivity contribution in [3.63, 3.8) is 0 Å². The van der Waals surface area contributed by atoms with E-state index in [4.69, 9.17) is 14.4 Å². The number of hydroxylamine groups is 1. The lowest BCUT2D eigenvalue weighted by molar-refractivity contribution is -0.191. The minimum Gasteiger partial charge on any atom is -0.457 e. The van der Waals surface area contributed by atoms with Gasteiger partial charge in [-0.15, -0.1) is 11.3 Å². The molecule has 1 aliphatic heterocycles. The van der Waals surface area contributed by atoms with Crippen molar-refractivity contribution in [2.75, 3.05) is 6.61 Å². The number of carbonyl (C=O) groups excluding carboxylic acids is 3. The number of ketones is 1. The van der Waals surface area contributed by atoms with Crippen LogP contribution in [0.2, 0.25) is 0 Å². The highest BCUT2D eigenvalue weighted by Gasteiger charge is 2.49. The molecule has 0 bridgehead atoms. The van der Waals surface area contributed by atoms with Crippen molar-refractivity contribution in [1.82, 2.24) is 10.5 Å². The Morgan fingerprint density at radius 3 is 2.45 bits per heavy atom. The fourth-order valence-corrected chi connectivity index (χ4v) is 4.32. The molecule has 1 N–H and O–H groups in total. The first-order valence-electron chi connectivity index (χ1n) is 11.2. The zero-order valence-corrected chi connectivity index (χ0v) is 21.0. The predicted molar refractivity (Wildman–Crippen MR) is 123 cm³/mol. The van der Waals surface area contributed by atoms with Gasteiger partial charge < -0.3 is 9.57 Å². The molecule has 1 aromatic rings. The van der Waals surface area contributed by atoms with Crippen LogP contribution in [-0.2, 0) is 28.8 Å². The van der Waals surface area contributed by atoms with E-state index in [2.05, 4.69) is 29.5 Å². The Morgan fingerprint density at radius 2 is 1.94 bits per heavy atom. The number of nitrogens with zero attached hydrogens (tertiary/aromatic N) is 2. The summed E-state index contributed by atoms with van der Waals surface area (Å²) in [5, 5.41) is 6.68. The summed E-state index contributed by atoms with van der Waals surface area (Å²) in [6.45, 7) is 11.6. The molecule has 1 amide bonds. The summed E-state index contributed by atoms with van der Waals surface area (Å²) >= 11 is 1.37. The highest BCUT2D eigenvalue weighted by atomic mass is 32.1. The second kappa shape index (κ2) is 9.50. The lowest BCUT2D eigenvalue weighted by Crippen LogP contribution is -2.48. The molecule has 182 valence electrons. The lowest BCUT2D eigenvalue weighted by atomic mass is 9.71. The molecule has 33 heavy (non-hydrogen) atoms. The first-order valence-corrected chi connectivity index (χ1v) is 12.1. The van der Waals surface area contributed by atoms with E-state index < -0.39 is 28.9 Å². The number of hydrogen-bond donors (Lipinski definition) is 1. The van der Waals surface area contributed by atoms with E-state index >= 15 is 0 Å². The number of rotatable bonds is 7. The molecule has 3 rings (SSSR count). The lowest BCUT2D eigenvalue weighted by Gasteiger charge is -2.40. The summed E-state index contributed by atoms with van der Waals surface area (Å²) in [5.41, 5.74) is 0.700. The average molecular weight is 480 g/mol. The standard InChI is InChI=1S/C23H33N3O6S/c1-14-24-16(13-33-14)18(17(27)11-15-12-30-26-19(15)28)25-32-23(20(29)31-21(2,3)4)9-7-22(5,6)8-10-23/h13,15H,7-12H2,1-6H3,(H,26,28)/b25-18-/t15-/m0/s1. The third-order valence-electron chi connectivity index (χ3n) is 5.88. The molecule has 2 fully saturated rings. The molecule has 1 aliphatic carbocycles. The normalized spacial score (nSPS) is 22.5. The highest BCUT2D eigenvalue weighted by molar-refractivity contribution is 7.09. The number of thiazole rings is 1. The first-order chi connectivity index (χ1) is 15.3. The number of Topliss-reactive ketones (excluding diaryl/α,β-unsaturated/α-hetero) is 1. The molecular weight excluding hydrogens is 446 g/mol. The summed E-state index contributed by atoms with van der Waals surface area (Å²) in [6, 6.07) is 0. The fourth-order valence-electron chi connectivity index (χ4n) is 3.72. The van der Waals surface area contributed by atoms with Gasteiger partial charge in [0.05, 0.1) is 17.5 Å². The smallest absolute Gasteiger partial charge is 0.353 e. The third-order valence-corrected chi connectivity index (χ3v) is 6.65. The Labute approximate surface area is 198 Å². The zero-order chi connectivity index (χ0) is 24.4. The number of nitrogens with one attached hydrogen (secondary N) is 1. The molecule has 0 radical (unpaired) electrons. The molecule has 1 atom stereocenters. The van der Waals surface area contributed by atoms with Crippen LogP contribution < -0.4 is 5.48 Å². The van der Waals surface area contributed by atoms with Crippen LogP contribution in [0.15, 0.2) is 10.5 Å². The van der Waals surface area contributed by atoms with Gasteiger partial charge in [0.25, 0.3) is 0 Å². The van der Waals surface area contributed by atoms with Gasteiger partial charge in [-0.1, -0.05) is 19.0 Å². The number of aromatic nitrogens is 1. The molecule has 0 spiro atoms. The van der Waals surface area contributed by atoms with Crippen LogP contribution in [0.3, 0.4) is 0 Å². The zero-order valence-electron chi connectivity index (χ0n) is 20.1. The van der Waals surface area contributed by atoms with E-state index in [9.17, 15) is 14.4 Å². The number of esters is 1. The molecule has 10 heteroatoms. The van der Waals surface area contributed by atoms with Crippen molar-refractivity contribution in [1.29, 1.82) is 0 Å². The first kappa shape index (κ1) is 25.3. The van der Waals surface area contributed by atoms with Gasteiger partial charge in [0.15, 0.2) is 11.5 Å². The van der Waals surface area contributed by atoms with Gasteiger partial charge in [0.1, 0.15) is 11.3 Å². The van der Waals surface area contributed by atoms with Crippen LogP contribution in [0.5, 0.6) is 0 Å². The van der Waals surface area contributed by atoms with Crippen molar-refractivity contribution in [3.8, 4) is 0 Å². The molecule has 1 saturated heterocycles. The Bertz CT molecular complexity index is 936. The number of aryl methyl sites for hydroxylation is 1. The van der Waals surface area contributed by atoms with Gasteiger partial charge in [0, 0.05) is 24.6 Å². The Balaban J connectivity index is 1.90. The minimum atomic E-state index is -1.28. The summed E-state index contributed by atoms with van der Waals surface area (Å²) < 4.78 is 5.67. The van der Waals surface area contributed by atoms with Crippen molar-refractivity contribution >= 4 is 34.7 Å². The SMILES string of the molecule is Cc1nc(/C(=N/OC2(C(=O)OC(C)(C)C)CCC(C)(C)CC2)C(=O)C[C@H]2CONC2=O)cs1. The van der Waals surface area contributed by atoms with Gasteiger partial charge in [-0.2, -0.15) is 0 Å². The van der Waals surface area contributed by atoms with Crippen LogP contribution >= 0.6 is 11.3 Å². The molecule has 2 heterocycles. The molecule has 9 nitrogen and oxygen atoms in total. The summed E-state index contributed by atoms with van der Waals surface area (Å²) in [4.78, 5) is 53.5. The number of amides is 1. The van der Waals surface area contributed by atoms with Gasteiger partial charge in [-0.05, 0) is 46.0 Å². The highest BCUT2D eigenvalue weighted by Crippen LogP contribution is 2.43. The topological polar surface area (TPSA) is 116 Å². The number of oxime groups is 1. The summed E-state index contributed by atoms with van der Waals surface area (Å²) in [6.07, 6.45) is 2.25. The quantitative estimate of drug-likeness (QED) is 0.361. The minimum absolute atomic E-state index is 0.00758. The number of ether oxygens (including phenoxy) is 1. The molecule has 1 saturated carbocycles. The predicted octanol–water partition coefficient (Wildman–Crippen LogP) is 3.49. The van der Waals surface area contributed by atoms with E-state index in [1.165, 1.54) is 11.3 Å². The maximum absolute atomic E-state index is 13.2. The van der Waals surface area contributed by atoms with E-state index in [-0.39, 0.29) is 30.1 Å². The van der Waals surface area contributed by atoms with Crippen LogP contribution in [0.1, 0.15) is 77.4 Å². The van der Waals surface area contributed by atoms with Crippen LogP contribution in [0, 0.1) is 18.3 Å². The third kappa shape index (κ3) is 6.38. The molecule has 1 aromatic heterocycles. The average Bonchev–Trinajstić information content (AvgIpc) is 3.30. The van der Waals surface area contributed by atoms with Crippen molar-refractivity contribution in [3.05, 3.63) is 16.1 Å². The van der Waals surface area contributed by atoms with Gasteiger partial charge in [-0.3, -0.25) is 14.4 Å². The van der Waals surface area contributed by atoms with E-state index in [1.54, 1.807) is 26.2 Å². The van der Waals surface area contributed by atoms with Crippen molar-refractivity contribution in [2.45, 2.75) is 84.8 Å². The van der Waals surface area contributed by atoms with E-state index in [0.717, 1.165) is 17.8 Å². The summed E-state index contributed by atoms with van der Waals surface area (Å²) in [5.74, 6) is -1.85. The Morgan fingerprint density at radius 1 is 1.27 bits per heavy atom. The molecule has 0 aromatic carbocycles. The monoisotopic (exact) mass is 479 g/mol. The van der Waals surface area contributed by atoms with E-state index in [0.29, 0.717) is 18.5 Å². The maximum atomic E-state index is 13.2. The van der Waals surface area contributed by atoms with Gasteiger partial charge >= 0.3 is 5.97 Å². The van der Waals surface area contributed by atoms with Crippen molar-refractivity contribution in [2.24, 2.45) is 16.5 Å². The van der Waals surface area contributed by atoms with Crippen molar-refractivity contribution < 1.29 is 28.8 Å². The van der Waals surface area contributed by atoms with E-state index in [1.807, 2.05) is 6.92 Å². The van der Waals surface area contributed by atoms with Crippen LogP contribution in [0.25, 0.3) is 0 Å². The van der Waals surface area contributed by atoms with Gasteiger partial charge in [-0.25, -0.2) is 15.3 Å². The largest absolute Gasteiger partial charge is 0.457 e. The van der Waals surface area contributed by atoms with Gasteiger partial charge in [0.2, 0.25) is 11.5 Å². The van der Waals surface area contributed by atoms with Crippen LogP contribution in [-0.4, -0.2) is 46.2 Å². The second-order valence-electron chi connectivity index (χ2n) is 10.5. The maximum Gasteiger partial charge on any atom is 0.353 e. The number of carbonyl (C=O) groups is 3. The molecular formula is C23H33N3O6S. The van der Waals surface area contributed by atoms with Crippen LogP contribution in [0.4, 0.5) is 0 Å². The molecule has 0 unspecified atom stereocenters. The Hall–Kier alpha value is -2.33. The molecule has 2 aliphatic rings. The summed E-state index contributed by atoms with van der Waals surface area (Å²) in [7, 11) is 0. The Kier molecular flexibility index (Phi) is 7.28. The fraction of sp³-hybridized carbons (Fsp3) is 0.696.